The van der Waals surface area contributed by atoms with E-state index in [0.29, 0.717) is 12.2 Å². The van der Waals surface area contributed by atoms with E-state index in [2.05, 4.69) is 23.7 Å². The van der Waals surface area contributed by atoms with Gasteiger partial charge in [0.2, 0.25) is 0 Å². The fourth-order valence-electron chi connectivity index (χ4n) is 2.80. The molecule has 0 radical (unpaired) electrons. The van der Waals surface area contributed by atoms with Gasteiger partial charge < -0.3 is 0 Å². The molecule has 1 aromatic heterocycles. The number of ketones is 1. The molecule has 0 aromatic carbocycles. The molecule has 4 heteroatoms. The Morgan fingerprint density at radius 3 is 2.63 bits per heavy atom. The summed E-state index contributed by atoms with van der Waals surface area (Å²) >= 11 is 1.60. The standard InChI is InChI=1S/C15H24N2OS/c1-4-15(3,17-8-6-5-7-9-17)13(18)10-14-16-12(2)11-19-14/h11H,4-10H2,1-3H3. The Hall–Kier alpha value is -0.740. The van der Waals surface area contributed by atoms with Crippen LogP contribution in [0, 0.1) is 6.92 Å². The van der Waals surface area contributed by atoms with Crippen molar-refractivity contribution in [2.45, 2.75) is 58.4 Å². The Morgan fingerprint density at radius 2 is 2.11 bits per heavy atom. The van der Waals surface area contributed by atoms with Crippen LogP contribution in [0.25, 0.3) is 0 Å². The summed E-state index contributed by atoms with van der Waals surface area (Å²) < 4.78 is 0. The Kier molecular flexibility index (Phi) is 4.74. The van der Waals surface area contributed by atoms with Crippen LogP contribution in [0.4, 0.5) is 0 Å². The topological polar surface area (TPSA) is 33.2 Å². The van der Waals surface area contributed by atoms with E-state index >= 15 is 0 Å². The molecular formula is C15H24N2OS. The van der Waals surface area contributed by atoms with Crippen LogP contribution in [0.1, 0.15) is 50.2 Å². The molecule has 1 fully saturated rings. The Balaban J connectivity index is 2.08. The molecular weight excluding hydrogens is 256 g/mol. The van der Waals surface area contributed by atoms with E-state index in [9.17, 15) is 4.79 Å². The number of carbonyl (C=O) groups is 1. The molecule has 1 saturated heterocycles. The monoisotopic (exact) mass is 280 g/mol. The number of piperidine rings is 1. The molecule has 0 N–H and O–H groups in total. The number of aryl methyl sites for hydroxylation is 1. The fourth-order valence-corrected chi connectivity index (χ4v) is 3.57. The normalized spacial score (nSPS) is 20.2. The maximum absolute atomic E-state index is 12.7. The van der Waals surface area contributed by atoms with Gasteiger partial charge in [-0.05, 0) is 46.2 Å². The van der Waals surface area contributed by atoms with Crippen LogP contribution < -0.4 is 0 Å². The molecule has 3 nitrogen and oxygen atoms in total. The van der Waals surface area contributed by atoms with Crippen molar-refractivity contribution in [3.8, 4) is 0 Å². The molecule has 0 bridgehead atoms. The molecule has 1 atom stereocenters. The molecule has 1 aromatic rings. The van der Waals surface area contributed by atoms with Crippen LogP contribution in [-0.4, -0.2) is 34.3 Å². The molecule has 2 heterocycles. The van der Waals surface area contributed by atoms with Crippen molar-refractivity contribution in [2.24, 2.45) is 0 Å². The first-order valence-electron chi connectivity index (χ1n) is 7.25. The van der Waals surface area contributed by atoms with E-state index in [4.69, 9.17) is 0 Å². The van der Waals surface area contributed by atoms with Crippen molar-refractivity contribution < 1.29 is 4.79 Å². The predicted octanol–water partition coefficient (Wildman–Crippen LogP) is 3.22. The average Bonchev–Trinajstić information content (AvgIpc) is 2.84. The lowest BCUT2D eigenvalue weighted by Gasteiger charge is -2.41. The smallest absolute Gasteiger partial charge is 0.159 e. The van der Waals surface area contributed by atoms with E-state index in [0.717, 1.165) is 30.2 Å². The van der Waals surface area contributed by atoms with Crippen LogP contribution in [0.2, 0.25) is 0 Å². The van der Waals surface area contributed by atoms with Gasteiger partial charge in [-0.3, -0.25) is 9.69 Å². The fraction of sp³-hybridized carbons (Fsp3) is 0.733. The highest BCUT2D eigenvalue weighted by Gasteiger charge is 2.37. The van der Waals surface area contributed by atoms with Crippen LogP contribution >= 0.6 is 11.3 Å². The zero-order chi connectivity index (χ0) is 13.9. The van der Waals surface area contributed by atoms with Gasteiger partial charge in [0.15, 0.2) is 5.78 Å². The third kappa shape index (κ3) is 3.23. The Morgan fingerprint density at radius 1 is 1.42 bits per heavy atom. The van der Waals surface area contributed by atoms with Crippen molar-refractivity contribution in [1.29, 1.82) is 0 Å². The summed E-state index contributed by atoms with van der Waals surface area (Å²) in [5.74, 6) is 0.325. The number of hydrogen-bond acceptors (Lipinski definition) is 4. The molecule has 0 aliphatic carbocycles. The van der Waals surface area contributed by atoms with E-state index in [1.165, 1.54) is 19.3 Å². The summed E-state index contributed by atoms with van der Waals surface area (Å²) in [7, 11) is 0. The minimum absolute atomic E-state index is 0.306. The second kappa shape index (κ2) is 6.14. The number of rotatable bonds is 5. The van der Waals surface area contributed by atoms with Gasteiger partial charge in [-0.2, -0.15) is 0 Å². The molecule has 106 valence electrons. The second-order valence-corrected chi connectivity index (χ2v) is 6.60. The third-order valence-corrected chi connectivity index (χ3v) is 5.29. The highest BCUT2D eigenvalue weighted by Crippen LogP contribution is 2.27. The van der Waals surface area contributed by atoms with Gasteiger partial charge in [0.1, 0.15) is 5.01 Å². The third-order valence-electron chi connectivity index (χ3n) is 4.32. The first kappa shape index (κ1) is 14.7. The summed E-state index contributed by atoms with van der Waals surface area (Å²) in [4.78, 5) is 19.5. The maximum Gasteiger partial charge on any atom is 0.159 e. The largest absolute Gasteiger partial charge is 0.297 e. The number of Topliss-reactive ketones (excluding diaryl/α,β-unsaturated/α-hetero) is 1. The summed E-state index contributed by atoms with van der Waals surface area (Å²) in [6, 6.07) is 0. The van der Waals surface area contributed by atoms with Crippen molar-refractivity contribution in [1.82, 2.24) is 9.88 Å². The Labute approximate surface area is 120 Å². The molecule has 0 spiro atoms. The molecule has 2 rings (SSSR count). The number of nitrogens with zero attached hydrogens (tertiary/aromatic N) is 2. The molecule has 0 saturated carbocycles. The minimum Gasteiger partial charge on any atom is -0.297 e. The van der Waals surface area contributed by atoms with E-state index in [-0.39, 0.29) is 5.54 Å². The maximum atomic E-state index is 12.7. The van der Waals surface area contributed by atoms with Crippen molar-refractivity contribution >= 4 is 17.1 Å². The van der Waals surface area contributed by atoms with Crippen LogP contribution in [-0.2, 0) is 11.2 Å². The van der Waals surface area contributed by atoms with Crippen molar-refractivity contribution in [2.75, 3.05) is 13.1 Å². The zero-order valence-corrected chi connectivity index (χ0v) is 13.1. The highest BCUT2D eigenvalue weighted by molar-refractivity contribution is 7.09. The van der Waals surface area contributed by atoms with Crippen molar-refractivity contribution in [3.63, 3.8) is 0 Å². The summed E-state index contributed by atoms with van der Waals surface area (Å²) in [6.07, 6.45) is 5.12. The Bertz CT molecular complexity index is 437. The SMILES string of the molecule is CCC(C)(C(=O)Cc1nc(C)cs1)N1CCCCC1. The van der Waals surface area contributed by atoms with E-state index in [1.807, 2.05) is 12.3 Å². The van der Waals surface area contributed by atoms with Gasteiger partial charge in [-0.15, -0.1) is 11.3 Å². The number of thiazole rings is 1. The van der Waals surface area contributed by atoms with Crippen LogP contribution in [0.5, 0.6) is 0 Å². The van der Waals surface area contributed by atoms with Crippen molar-refractivity contribution in [3.05, 3.63) is 16.1 Å². The molecule has 0 amide bonds. The van der Waals surface area contributed by atoms with Gasteiger partial charge in [0, 0.05) is 11.1 Å². The number of likely N-dealkylation sites (tertiary alicyclic amines) is 1. The number of carbonyl (C=O) groups excluding carboxylic acids is 1. The lowest BCUT2D eigenvalue weighted by molar-refractivity contribution is -0.130. The van der Waals surface area contributed by atoms with Gasteiger partial charge in [-0.25, -0.2) is 4.98 Å². The number of hydrogen-bond donors (Lipinski definition) is 0. The first-order valence-corrected chi connectivity index (χ1v) is 8.13. The zero-order valence-electron chi connectivity index (χ0n) is 12.2. The molecule has 1 unspecified atom stereocenters. The first-order chi connectivity index (χ1) is 9.06. The predicted molar refractivity (Wildman–Crippen MR) is 79.7 cm³/mol. The van der Waals surface area contributed by atoms with Gasteiger partial charge in [-0.1, -0.05) is 13.3 Å². The lowest BCUT2D eigenvalue weighted by atomic mass is 9.87. The molecule has 1 aliphatic rings. The second-order valence-electron chi connectivity index (χ2n) is 5.66. The summed E-state index contributed by atoms with van der Waals surface area (Å²) in [5, 5.41) is 2.98. The van der Waals surface area contributed by atoms with Gasteiger partial charge in [0.25, 0.3) is 0 Å². The quantitative estimate of drug-likeness (QED) is 0.830. The molecule has 19 heavy (non-hydrogen) atoms. The minimum atomic E-state index is -0.306. The summed E-state index contributed by atoms with van der Waals surface area (Å²) in [5.41, 5.74) is 0.712. The average molecular weight is 280 g/mol. The van der Waals surface area contributed by atoms with Gasteiger partial charge >= 0.3 is 0 Å². The lowest BCUT2D eigenvalue weighted by Crippen LogP contribution is -2.54. The highest BCUT2D eigenvalue weighted by atomic mass is 32.1. The van der Waals surface area contributed by atoms with Gasteiger partial charge in [0.05, 0.1) is 12.0 Å². The summed E-state index contributed by atoms with van der Waals surface area (Å²) in [6.45, 7) is 8.34. The van der Waals surface area contributed by atoms with Crippen LogP contribution in [0.3, 0.4) is 0 Å². The van der Waals surface area contributed by atoms with E-state index < -0.39 is 0 Å². The van der Waals surface area contributed by atoms with E-state index in [1.54, 1.807) is 11.3 Å². The van der Waals surface area contributed by atoms with Crippen LogP contribution in [0.15, 0.2) is 5.38 Å². The molecule has 1 aliphatic heterocycles. The number of aromatic nitrogens is 1.